The predicted octanol–water partition coefficient (Wildman–Crippen LogP) is 5.72. The molecule has 3 N–H and O–H groups in total. The number of amides is 1. The Morgan fingerprint density at radius 1 is 1.28 bits per heavy atom. The first-order chi connectivity index (χ1) is 18.2. The summed E-state index contributed by atoms with van der Waals surface area (Å²) >= 11 is 0. The minimum Gasteiger partial charge on any atom is -0.493 e. The molecule has 1 aromatic heterocycles. The van der Waals surface area contributed by atoms with Gasteiger partial charge in [0.25, 0.3) is 5.91 Å². The van der Waals surface area contributed by atoms with Crippen LogP contribution in [0, 0.1) is 6.92 Å². The van der Waals surface area contributed by atoms with E-state index in [2.05, 4.69) is 11.9 Å². The van der Waals surface area contributed by atoms with Gasteiger partial charge in [0.1, 0.15) is 11.5 Å². The van der Waals surface area contributed by atoms with Crippen LogP contribution in [0.25, 0.3) is 6.08 Å². The van der Waals surface area contributed by atoms with E-state index in [0.29, 0.717) is 29.4 Å². The number of carbonyl (C=O) groups excluding carboxylic acids is 1. The van der Waals surface area contributed by atoms with Gasteiger partial charge in [0.15, 0.2) is 6.04 Å². The lowest BCUT2D eigenvalue weighted by molar-refractivity contribution is -0.167. The number of nitrogens with two attached hydrogens (primary N) is 1. The van der Waals surface area contributed by atoms with Gasteiger partial charge < -0.3 is 24.9 Å². The summed E-state index contributed by atoms with van der Waals surface area (Å²) < 4.78 is 39.5. The van der Waals surface area contributed by atoms with E-state index in [-0.39, 0.29) is 30.7 Å². The van der Waals surface area contributed by atoms with Crippen molar-refractivity contribution in [2.45, 2.75) is 91.1 Å². The van der Waals surface area contributed by atoms with Crippen LogP contribution in [0.1, 0.15) is 88.4 Å². The minimum absolute atomic E-state index is 0. The number of hydrogen-bond donors (Lipinski definition) is 2. The van der Waals surface area contributed by atoms with E-state index in [1.54, 1.807) is 12.1 Å². The van der Waals surface area contributed by atoms with Crippen molar-refractivity contribution in [2.24, 2.45) is 5.73 Å². The second-order valence-corrected chi connectivity index (χ2v) is 10.6. The fraction of sp³-hybridized carbons (Fsp3) is 0.552. The quantitative estimate of drug-likeness (QED) is 0.389. The van der Waals surface area contributed by atoms with E-state index in [4.69, 9.17) is 14.9 Å². The molecule has 2 heterocycles. The minimum atomic E-state index is -3.61. The molecule has 0 aliphatic carbocycles. The van der Waals surface area contributed by atoms with Gasteiger partial charge in [0, 0.05) is 24.9 Å². The fourth-order valence-electron chi connectivity index (χ4n) is 3.90. The van der Waals surface area contributed by atoms with Crippen molar-refractivity contribution in [3.8, 4) is 5.75 Å². The number of fused-ring (bicyclic) bond motifs is 1. The molecule has 1 atom stereocenters. The Morgan fingerprint density at radius 3 is 2.54 bits per heavy atom. The van der Waals surface area contributed by atoms with Gasteiger partial charge in [-0.3, -0.25) is 4.79 Å². The van der Waals surface area contributed by atoms with Crippen molar-refractivity contribution in [1.29, 1.82) is 0 Å². The lowest BCUT2D eigenvalue weighted by atomic mass is 9.91. The maximum atomic E-state index is 14.0. The maximum Gasteiger partial charge on any atom is 0.331 e. The largest absolute Gasteiger partial charge is 0.493 e. The first kappa shape index (κ1) is 31.9. The number of aromatic nitrogens is 1. The normalized spacial score (nSPS) is 15.5. The second kappa shape index (κ2) is 13.7. The SMILES string of the molecule is CC(C)(C)N.CCC/C=C/c1nc(CCOc2ccc3c(c2)C(C(=O)O)N(C(=O)C(F)(F)CC)CC3)c(C)o1. The van der Waals surface area contributed by atoms with Gasteiger partial charge >= 0.3 is 11.9 Å². The van der Waals surface area contributed by atoms with Crippen LogP contribution in [0.15, 0.2) is 28.7 Å². The summed E-state index contributed by atoms with van der Waals surface area (Å²) in [4.78, 5) is 29.6. The number of rotatable bonds is 10. The number of nitrogens with zero attached hydrogens (tertiary/aromatic N) is 2. The molecule has 0 saturated carbocycles. The molecule has 1 aromatic carbocycles. The van der Waals surface area contributed by atoms with Crippen molar-refractivity contribution >= 4 is 18.0 Å². The van der Waals surface area contributed by atoms with Gasteiger partial charge in [-0.15, -0.1) is 0 Å². The number of hydrogen-bond acceptors (Lipinski definition) is 6. The third-order valence-corrected chi connectivity index (χ3v) is 5.83. The standard InChI is InChI=1S/C25H30F2N2O5.C4H11N/c1-4-6-7-8-21-28-20(16(3)34-21)12-14-33-18-10-9-17-11-13-29(24(32)25(26,27)5-2)22(23(30)31)19(17)15-18;1-4(2,3)5/h7-10,15,22H,4-6,11-14H2,1-3H3,(H,30,31);5H2,1-3H3/b8-7+;. The molecule has 8 nitrogen and oxygen atoms in total. The highest BCUT2D eigenvalue weighted by atomic mass is 19.3. The Labute approximate surface area is 229 Å². The van der Waals surface area contributed by atoms with Crippen LogP contribution >= 0.6 is 0 Å². The van der Waals surface area contributed by atoms with Crippen LogP contribution in [0.3, 0.4) is 0 Å². The lowest BCUT2D eigenvalue weighted by Crippen LogP contribution is -2.50. The van der Waals surface area contributed by atoms with Crippen molar-refractivity contribution in [2.75, 3.05) is 13.2 Å². The number of carboxylic acids is 1. The van der Waals surface area contributed by atoms with Gasteiger partial charge in [-0.2, -0.15) is 8.78 Å². The summed E-state index contributed by atoms with van der Waals surface area (Å²) in [5, 5.41) is 9.76. The van der Waals surface area contributed by atoms with E-state index in [1.807, 2.05) is 39.8 Å². The Kier molecular flexibility index (Phi) is 11.2. The number of carbonyl (C=O) groups is 2. The highest BCUT2D eigenvalue weighted by Gasteiger charge is 2.46. The van der Waals surface area contributed by atoms with Crippen molar-refractivity contribution < 1.29 is 32.6 Å². The number of halogens is 2. The number of carboxylic acid groups (broad SMARTS) is 1. The van der Waals surface area contributed by atoms with E-state index in [0.717, 1.165) is 23.4 Å². The zero-order valence-electron chi connectivity index (χ0n) is 23.7. The molecule has 10 heteroatoms. The van der Waals surface area contributed by atoms with Crippen LogP contribution in [0.2, 0.25) is 0 Å². The summed E-state index contributed by atoms with van der Waals surface area (Å²) in [7, 11) is 0. The van der Waals surface area contributed by atoms with Gasteiger partial charge in [-0.25, -0.2) is 9.78 Å². The molecular formula is C29H41F2N3O5. The molecule has 1 unspecified atom stereocenters. The van der Waals surface area contributed by atoms with Crippen LogP contribution in [-0.4, -0.2) is 51.5 Å². The Hall–Kier alpha value is -3.27. The molecule has 1 aliphatic heterocycles. The molecule has 0 saturated heterocycles. The Balaban J connectivity index is 0.000000976. The molecular weight excluding hydrogens is 508 g/mol. The molecule has 0 radical (unpaired) electrons. The molecule has 0 spiro atoms. The van der Waals surface area contributed by atoms with E-state index in [1.165, 1.54) is 13.0 Å². The summed E-state index contributed by atoms with van der Waals surface area (Å²) in [6.45, 7) is 11.2. The third kappa shape index (κ3) is 9.45. The van der Waals surface area contributed by atoms with Gasteiger partial charge in [0.2, 0.25) is 5.89 Å². The first-order valence-electron chi connectivity index (χ1n) is 13.3. The highest BCUT2D eigenvalue weighted by molar-refractivity contribution is 5.89. The highest BCUT2D eigenvalue weighted by Crippen LogP contribution is 2.36. The predicted molar refractivity (Wildman–Crippen MR) is 146 cm³/mol. The number of allylic oxidation sites excluding steroid dienone is 1. The molecule has 1 amide bonds. The van der Waals surface area contributed by atoms with Gasteiger partial charge in [-0.1, -0.05) is 32.4 Å². The summed E-state index contributed by atoms with van der Waals surface area (Å²) in [5.74, 6) is -4.82. The fourth-order valence-corrected chi connectivity index (χ4v) is 3.90. The smallest absolute Gasteiger partial charge is 0.331 e. The lowest BCUT2D eigenvalue weighted by Gasteiger charge is -2.36. The van der Waals surface area contributed by atoms with Crippen LogP contribution in [0.5, 0.6) is 5.75 Å². The Bertz CT molecular complexity index is 1150. The number of unbranched alkanes of at least 4 members (excludes halogenated alkanes) is 1. The zero-order valence-corrected chi connectivity index (χ0v) is 23.7. The van der Waals surface area contributed by atoms with E-state index in [9.17, 15) is 23.5 Å². The number of aryl methyl sites for hydroxylation is 1. The monoisotopic (exact) mass is 549 g/mol. The summed E-state index contributed by atoms with van der Waals surface area (Å²) in [5.41, 5.74) is 7.10. The van der Waals surface area contributed by atoms with Crippen molar-refractivity contribution in [1.82, 2.24) is 9.88 Å². The van der Waals surface area contributed by atoms with Crippen LogP contribution in [0.4, 0.5) is 8.78 Å². The molecule has 0 fully saturated rings. The van der Waals surface area contributed by atoms with Gasteiger partial charge in [0.05, 0.1) is 12.3 Å². The number of benzene rings is 1. The third-order valence-electron chi connectivity index (χ3n) is 5.83. The van der Waals surface area contributed by atoms with E-state index >= 15 is 0 Å². The molecule has 1 aliphatic rings. The Morgan fingerprint density at radius 2 is 1.95 bits per heavy atom. The molecule has 216 valence electrons. The number of ether oxygens (including phenoxy) is 1. The molecule has 3 rings (SSSR count). The summed E-state index contributed by atoms with van der Waals surface area (Å²) in [6, 6.07) is 3.46. The molecule has 39 heavy (non-hydrogen) atoms. The average molecular weight is 550 g/mol. The zero-order chi connectivity index (χ0) is 29.4. The number of aliphatic carboxylic acids is 1. The van der Waals surface area contributed by atoms with Crippen LogP contribution in [-0.2, 0) is 22.4 Å². The second-order valence-electron chi connectivity index (χ2n) is 10.6. The summed E-state index contributed by atoms with van der Waals surface area (Å²) in [6.07, 6.45) is 5.89. The van der Waals surface area contributed by atoms with Crippen molar-refractivity contribution in [3.63, 3.8) is 0 Å². The number of oxazole rings is 1. The first-order valence-corrected chi connectivity index (χ1v) is 13.3. The number of alkyl halides is 2. The molecule has 0 bridgehead atoms. The van der Waals surface area contributed by atoms with Crippen molar-refractivity contribution in [3.05, 3.63) is 52.7 Å². The maximum absolute atomic E-state index is 14.0. The molecule has 2 aromatic rings. The topological polar surface area (TPSA) is 119 Å². The van der Waals surface area contributed by atoms with Crippen LogP contribution < -0.4 is 10.5 Å². The average Bonchev–Trinajstić information content (AvgIpc) is 3.20. The van der Waals surface area contributed by atoms with Gasteiger partial charge in [-0.05, 0) is 69.9 Å². The van der Waals surface area contributed by atoms with E-state index < -0.39 is 30.3 Å².